The molecule has 2 aromatic rings. The second-order valence-electron chi connectivity index (χ2n) is 3.79. The smallest absolute Gasteiger partial charge is 0.324 e. The summed E-state index contributed by atoms with van der Waals surface area (Å²) in [7, 11) is 0. The molecule has 1 aromatic carbocycles. The SMILES string of the molecule is NC(=O)c1ccc(NC(=O)c2ccc([N+](=O)[O-])s2)cc1. The molecule has 0 spiro atoms. The lowest BCUT2D eigenvalue weighted by molar-refractivity contribution is -0.380. The van der Waals surface area contributed by atoms with Gasteiger partial charge < -0.3 is 11.1 Å². The average Bonchev–Trinajstić information content (AvgIpc) is 2.89. The molecule has 0 bridgehead atoms. The number of carbonyl (C=O) groups is 2. The first-order valence-corrected chi connectivity index (χ1v) is 6.24. The summed E-state index contributed by atoms with van der Waals surface area (Å²) in [4.78, 5) is 33.0. The highest BCUT2D eigenvalue weighted by Crippen LogP contribution is 2.24. The number of benzene rings is 1. The van der Waals surface area contributed by atoms with Crippen LogP contribution in [0.15, 0.2) is 36.4 Å². The van der Waals surface area contributed by atoms with E-state index < -0.39 is 16.7 Å². The van der Waals surface area contributed by atoms with Crippen LogP contribution in [0.2, 0.25) is 0 Å². The van der Waals surface area contributed by atoms with E-state index in [1.54, 1.807) is 0 Å². The van der Waals surface area contributed by atoms with Crippen molar-refractivity contribution in [3.8, 4) is 0 Å². The second kappa shape index (κ2) is 5.49. The molecule has 0 saturated heterocycles. The molecular weight excluding hydrogens is 282 g/mol. The van der Waals surface area contributed by atoms with Gasteiger partial charge in [0.2, 0.25) is 5.91 Å². The lowest BCUT2D eigenvalue weighted by atomic mass is 10.2. The Balaban J connectivity index is 2.10. The molecule has 3 N–H and O–H groups in total. The van der Waals surface area contributed by atoms with Crippen LogP contribution in [0.25, 0.3) is 0 Å². The first kappa shape index (κ1) is 13.7. The van der Waals surface area contributed by atoms with Gasteiger partial charge in [-0.15, -0.1) is 0 Å². The lowest BCUT2D eigenvalue weighted by Gasteiger charge is -2.03. The molecule has 1 aromatic heterocycles. The van der Waals surface area contributed by atoms with Crippen molar-refractivity contribution in [3.63, 3.8) is 0 Å². The Morgan fingerprint density at radius 1 is 1.15 bits per heavy atom. The van der Waals surface area contributed by atoms with Crippen molar-refractivity contribution < 1.29 is 14.5 Å². The molecule has 102 valence electrons. The molecule has 1 heterocycles. The summed E-state index contributed by atoms with van der Waals surface area (Å²) in [6.07, 6.45) is 0. The zero-order chi connectivity index (χ0) is 14.7. The highest BCUT2D eigenvalue weighted by molar-refractivity contribution is 7.17. The number of hydrogen-bond acceptors (Lipinski definition) is 5. The number of nitro groups is 1. The number of nitrogens with one attached hydrogen (secondary N) is 1. The van der Waals surface area contributed by atoms with E-state index >= 15 is 0 Å². The third-order valence-electron chi connectivity index (χ3n) is 2.42. The number of hydrogen-bond donors (Lipinski definition) is 2. The molecule has 2 amide bonds. The molecule has 20 heavy (non-hydrogen) atoms. The van der Waals surface area contributed by atoms with E-state index in [2.05, 4.69) is 5.32 Å². The monoisotopic (exact) mass is 291 g/mol. The van der Waals surface area contributed by atoms with Gasteiger partial charge in [0.05, 0.1) is 9.80 Å². The maximum Gasteiger partial charge on any atom is 0.324 e. The van der Waals surface area contributed by atoms with Gasteiger partial charge >= 0.3 is 5.00 Å². The molecule has 2 rings (SSSR count). The number of anilines is 1. The van der Waals surface area contributed by atoms with Gasteiger partial charge in [0.25, 0.3) is 5.91 Å². The normalized spacial score (nSPS) is 10.0. The van der Waals surface area contributed by atoms with Crippen molar-refractivity contribution >= 4 is 33.8 Å². The Morgan fingerprint density at radius 2 is 1.80 bits per heavy atom. The zero-order valence-electron chi connectivity index (χ0n) is 10.0. The number of amides is 2. The Hall–Kier alpha value is -2.74. The Bertz CT molecular complexity index is 678. The van der Waals surface area contributed by atoms with Gasteiger partial charge in [0.15, 0.2) is 0 Å². The Kier molecular flexibility index (Phi) is 3.76. The van der Waals surface area contributed by atoms with E-state index in [1.807, 2.05) is 0 Å². The van der Waals surface area contributed by atoms with Crippen LogP contribution in [0.5, 0.6) is 0 Å². The molecule has 0 fully saturated rings. The topological polar surface area (TPSA) is 115 Å². The van der Waals surface area contributed by atoms with Crippen LogP contribution in [0.1, 0.15) is 20.0 Å². The second-order valence-corrected chi connectivity index (χ2v) is 4.85. The summed E-state index contributed by atoms with van der Waals surface area (Å²) < 4.78 is 0. The maximum atomic E-state index is 11.9. The highest BCUT2D eigenvalue weighted by Gasteiger charge is 2.15. The van der Waals surface area contributed by atoms with Gasteiger partial charge in [-0.3, -0.25) is 19.7 Å². The van der Waals surface area contributed by atoms with Gasteiger partial charge in [-0.05, 0) is 30.3 Å². The van der Waals surface area contributed by atoms with E-state index in [4.69, 9.17) is 5.73 Å². The first-order valence-electron chi connectivity index (χ1n) is 5.43. The molecule has 0 aliphatic rings. The summed E-state index contributed by atoms with van der Waals surface area (Å²) in [5.41, 5.74) is 5.90. The van der Waals surface area contributed by atoms with Crippen LogP contribution in [-0.2, 0) is 0 Å². The van der Waals surface area contributed by atoms with Gasteiger partial charge in [0, 0.05) is 17.3 Å². The quantitative estimate of drug-likeness (QED) is 0.662. The van der Waals surface area contributed by atoms with E-state index in [-0.39, 0.29) is 9.88 Å². The number of thiophene rings is 1. The van der Waals surface area contributed by atoms with Crippen LogP contribution >= 0.6 is 11.3 Å². The molecule has 0 aliphatic heterocycles. The number of rotatable bonds is 4. The third-order valence-corrected chi connectivity index (χ3v) is 3.46. The first-order chi connectivity index (χ1) is 9.47. The van der Waals surface area contributed by atoms with Crippen LogP contribution in [-0.4, -0.2) is 16.7 Å². The summed E-state index contributed by atoms with van der Waals surface area (Å²) in [6.45, 7) is 0. The highest BCUT2D eigenvalue weighted by atomic mass is 32.1. The largest absolute Gasteiger partial charge is 0.366 e. The fourth-order valence-electron chi connectivity index (χ4n) is 1.46. The fourth-order valence-corrected chi connectivity index (χ4v) is 2.17. The van der Waals surface area contributed by atoms with Crippen LogP contribution in [0.4, 0.5) is 10.7 Å². The van der Waals surface area contributed by atoms with Crippen LogP contribution in [0, 0.1) is 10.1 Å². The van der Waals surface area contributed by atoms with Crippen LogP contribution < -0.4 is 11.1 Å². The van der Waals surface area contributed by atoms with E-state index in [1.165, 1.54) is 36.4 Å². The predicted molar refractivity (Wildman–Crippen MR) is 73.9 cm³/mol. The Labute approximate surface area is 117 Å². The fraction of sp³-hybridized carbons (Fsp3) is 0. The molecule has 8 heteroatoms. The third kappa shape index (κ3) is 2.98. The predicted octanol–water partition coefficient (Wildman–Crippen LogP) is 2.01. The lowest BCUT2D eigenvalue weighted by Crippen LogP contribution is -2.12. The molecule has 7 nitrogen and oxygen atoms in total. The minimum Gasteiger partial charge on any atom is -0.366 e. The molecule has 0 aliphatic carbocycles. The molecule has 0 atom stereocenters. The van der Waals surface area contributed by atoms with Crippen molar-refractivity contribution in [3.05, 3.63) is 57.0 Å². The number of nitrogens with two attached hydrogens (primary N) is 1. The van der Waals surface area contributed by atoms with Gasteiger partial charge in [-0.1, -0.05) is 11.3 Å². The van der Waals surface area contributed by atoms with Crippen molar-refractivity contribution in [1.29, 1.82) is 0 Å². The van der Waals surface area contributed by atoms with Gasteiger partial charge in [-0.25, -0.2) is 0 Å². The number of primary amides is 1. The summed E-state index contributed by atoms with van der Waals surface area (Å²) in [5.74, 6) is -1.01. The van der Waals surface area contributed by atoms with Crippen LogP contribution in [0.3, 0.4) is 0 Å². The van der Waals surface area contributed by atoms with Crippen molar-refractivity contribution in [2.45, 2.75) is 0 Å². The standard InChI is InChI=1S/C12H9N3O4S/c13-11(16)7-1-3-8(4-2-7)14-12(17)9-5-6-10(20-9)15(18)19/h1-6H,(H2,13,16)(H,14,17). The van der Waals surface area contributed by atoms with Crippen molar-refractivity contribution in [1.82, 2.24) is 0 Å². The molecular formula is C12H9N3O4S. The average molecular weight is 291 g/mol. The van der Waals surface area contributed by atoms with E-state index in [0.717, 1.165) is 11.3 Å². The summed E-state index contributed by atoms with van der Waals surface area (Å²) in [5, 5.41) is 13.0. The van der Waals surface area contributed by atoms with Crippen molar-refractivity contribution in [2.75, 3.05) is 5.32 Å². The van der Waals surface area contributed by atoms with Crippen molar-refractivity contribution in [2.24, 2.45) is 5.73 Å². The molecule has 0 radical (unpaired) electrons. The minimum atomic E-state index is -0.559. The number of nitrogens with zero attached hydrogens (tertiary/aromatic N) is 1. The number of carbonyl (C=O) groups excluding carboxylic acids is 2. The van der Waals surface area contributed by atoms with Gasteiger partial charge in [0.1, 0.15) is 0 Å². The van der Waals surface area contributed by atoms with Gasteiger partial charge in [-0.2, -0.15) is 0 Å². The summed E-state index contributed by atoms with van der Waals surface area (Å²) >= 11 is 0.791. The molecule has 0 saturated carbocycles. The Morgan fingerprint density at radius 3 is 2.30 bits per heavy atom. The maximum absolute atomic E-state index is 11.9. The zero-order valence-corrected chi connectivity index (χ0v) is 10.8. The van der Waals surface area contributed by atoms with E-state index in [0.29, 0.717) is 11.3 Å². The summed E-state index contributed by atoms with van der Waals surface area (Å²) in [6, 6.07) is 8.68. The van der Waals surface area contributed by atoms with E-state index in [9.17, 15) is 19.7 Å². The minimum absolute atomic E-state index is 0.0979. The molecule has 0 unspecified atom stereocenters.